The zero-order valence-corrected chi connectivity index (χ0v) is 13.0. The molecule has 6 nitrogen and oxygen atoms in total. The van der Waals surface area contributed by atoms with E-state index < -0.39 is 0 Å². The molecule has 0 amide bonds. The van der Waals surface area contributed by atoms with E-state index in [1.807, 2.05) is 4.90 Å². The number of aliphatic hydroxyl groups is 1. The number of nitrogens with one attached hydrogen (secondary N) is 1. The van der Waals surface area contributed by atoms with E-state index in [1.54, 1.807) is 17.0 Å². The van der Waals surface area contributed by atoms with E-state index in [0.717, 1.165) is 19.4 Å². The van der Waals surface area contributed by atoms with Crippen LogP contribution in [0.4, 0.5) is 5.82 Å². The van der Waals surface area contributed by atoms with Crippen LogP contribution in [0.1, 0.15) is 26.7 Å². The van der Waals surface area contributed by atoms with Crippen LogP contribution in [0.2, 0.25) is 0 Å². The van der Waals surface area contributed by atoms with Crippen molar-refractivity contribution in [1.29, 1.82) is 0 Å². The first-order valence-electron chi connectivity index (χ1n) is 7.76. The molecular formula is C15H26N4O2. The Kier molecular flexibility index (Phi) is 5.76. The number of hydrogen-bond donors (Lipinski definition) is 2. The second-order valence-electron chi connectivity index (χ2n) is 6.07. The van der Waals surface area contributed by atoms with Crippen LogP contribution in [-0.2, 0) is 6.54 Å². The lowest BCUT2D eigenvalue weighted by Gasteiger charge is -2.26. The summed E-state index contributed by atoms with van der Waals surface area (Å²) in [5, 5.41) is 12.7. The van der Waals surface area contributed by atoms with Gasteiger partial charge in [-0.05, 0) is 25.3 Å². The van der Waals surface area contributed by atoms with Crippen LogP contribution >= 0.6 is 0 Å². The second-order valence-corrected chi connectivity index (χ2v) is 6.07. The van der Waals surface area contributed by atoms with E-state index in [1.165, 1.54) is 0 Å². The fourth-order valence-electron chi connectivity index (χ4n) is 2.77. The molecule has 2 N–H and O–H groups in total. The average molecular weight is 294 g/mol. The zero-order chi connectivity index (χ0) is 15.2. The van der Waals surface area contributed by atoms with Crippen molar-refractivity contribution in [2.45, 2.75) is 39.3 Å². The van der Waals surface area contributed by atoms with Crippen molar-refractivity contribution in [3.05, 3.63) is 22.7 Å². The summed E-state index contributed by atoms with van der Waals surface area (Å²) in [6.45, 7) is 7.05. The van der Waals surface area contributed by atoms with Gasteiger partial charge in [0.25, 0.3) is 5.56 Å². The molecule has 0 spiro atoms. The van der Waals surface area contributed by atoms with Gasteiger partial charge < -0.3 is 19.9 Å². The Bertz CT molecular complexity index is 495. The molecule has 0 aromatic carbocycles. The molecule has 2 heterocycles. The summed E-state index contributed by atoms with van der Waals surface area (Å²) >= 11 is 0. The summed E-state index contributed by atoms with van der Waals surface area (Å²) in [5.41, 5.74) is -0.0716. The van der Waals surface area contributed by atoms with Gasteiger partial charge in [0.15, 0.2) is 5.82 Å². The Balaban J connectivity index is 2.20. The molecule has 0 bridgehead atoms. The van der Waals surface area contributed by atoms with Crippen molar-refractivity contribution in [3.63, 3.8) is 0 Å². The second kappa shape index (κ2) is 7.56. The molecule has 6 heteroatoms. The molecular weight excluding hydrogens is 268 g/mol. The molecule has 0 saturated carbocycles. The molecule has 1 unspecified atom stereocenters. The lowest BCUT2D eigenvalue weighted by Crippen LogP contribution is -2.43. The van der Waals surface area contributed by atoms with Gasteiger partial charge >= 0.3 is 0 Å². The highest BCUT2D eigenvalue weighted by Crippen LogP contribution is 2.11. The lowest BCUT2D eigenvalue weighted by atomic mass is 10.2. The van der Waals surface area contributed by atoms with Crippen LogP contribution in [0.3, 0.4) is 0 Å². The maximum atomic E-state index is 12.6. The Labute approximate surface area is 125 Å². The monoisotopic (exact) mass is 294 g/mol. The molecule has 1 aromatic heterocycles. The molecule has 0 radical (unpaired) electrons. The van der Waals surface area contributed by atoms with E-state index in [-0.39, 0.29) is 12.2 Å². The van der Waals surface area contributed by atoms with Gasteiger partial charge in [-0.1, -0.05) is 13.8 Å². The van der Waals surface area contributed by atoms with Crippen molar-refractivity contribution in [2.75, 3.05) is 31.1 Å². The van der Waals surface area contributed by atoms with Crippen molar-refractivity contribution in [1.82, 2.24) is 14.9 Å². The smallest absolute Gasteiger partial charge is 0.293 e. The molecule has 1 atom stereocenters. The van der Waals surface area contributed by atoms with E-state index >= 15 is 0 Å². The van der Waals surface area contributed by atoms with Crippen molar-refractivity contribution >= 4 is 5.82 Å². The van der Waals surface area contributed by atoms with Crippen molar-refractivity contribution < 1.29 is 5.11 Å². The lowest BCUT2D eigenvalue weighted by molar-refractivity contribution is 0.299. The summed E-state index contributed by atoms with van der Waals surface area (Å²) in [4.78, 5) is 18.7. The van der Waals surface area contributed by atoms with E-state index in [2.05, 4.69) is 24.1 Å². The van der Waals surface area contributed by atoms with E-state index in [4.69, 9.17) is 0 Å². The van der Waals surface area contributed by atoms with Gasteiger partial charge in [0, 0.05) is 38.1 Å². The Hall–Kier alpha value is -1.40. The Morgan fingerprint density at radius 1 is 1.57 bits per heavy atom. The quantitative estimate of drug-likeness (QED) is 0.764. The Morgan fingerprint density at radius 3 is 3.00 bits per heavy atom. The first-order valence-corrected chi connectivity index (χ1v) is 7.76. The zero-order valence-electron chi connectivity index (χ0n) is 13.0. The largest absolute Gasteiger partial charge is 0.395 e. The van der Waals surface area contributed by atoms with Gasteiger partial charge in [-0.15, -0.1) is 0 Å². The predicted octanol–water partition coefficient (Wildman–Crippen LogP) is 0.450. The highest BCUT2D eigenvalue weighted by molar-refractivity contribution is 5.36. The predicted molar refractivity (Wildman–Crippen MR) is 83.7 cm³/mol. The number of aliphatic hydroxyl groups excluding tert-OH is 1. The standard InChI is InChI=1S/C15H26N4O2/c1-12(2)10-19-7-6-17-14(15(19)21)18(8-9-20)11-13-4-3-5-16-13/h6-7,12-13,16,20H,3-5,8-11H2,1-2H3. The first kappa shape index (κ1) is 16.0. The summed E-state index contributed by atoms with van der Waals surface area (Å²) in [7, 11) is 0. The highest BCUT2D eigenvalue weighted by Gasteiger charge is 2.21. The maximum absolute atomic E-state index is 12.6. The Morgan fingerprint density at radius 2 is 2.38 bits per heavy atom. The maximum Gasteiger partial charge on any atom is 0.293 e. The normalized spacial score (nSPS) is 18.4. The first-order chi connectivity index (χ1) is 10.1. The molecule has 118 valence electrons. The topological polar surface area (TPSA) is 70.4 Å². The summed E-state index contributed by atoms with van der Waals surface area (Å²) in [6, 6.07) is 0.372. The minimum absolute atomic E-state index is 0.0207. The summed E-state index contributed by atoms with van der Waals surface area (Å²) in [6.07, 6.45) is 5.68. The molecule has 1 saturated heterocycles. The molecule has 0 aliphatic carbocycles. The van der Waals surface area contributed by atoms with Crippen LogP contribution in [-0.4, -0.2) is 46.9 Å². The van der Waals surface area contributed by atoms with Gasteiger partial charge in [0.2, 0.25) is 0 Å². The van der Waals surface area contributed by atoms with Gasteiger partial charge in [-0.3, -0.25) is 4.79 Å². The molecule has 21 heavy (non-hydrogen) atoms. The number of aromatic nitrogens is 2. The summed E-state index contributed by atoms with van der Waals surface area (Å²) in [5.74, 6) is 0.849. The fraction of sp³-hybridized carbons (Fsp3) is 0.733. The highest BCUT2D eigenvalue weighted by atomic mass is 16.3. The number of rotatable bonds is 7. The van der Waals surface area contributed by atoms with Gasteiger partial charge in [-0.2, -0.15) is 0 Å². The third-order valence-electron chi connectivity index (χ3n) is 3.73. The van der Waals surface area contributed by atoms with Crippen LogP contribution in [0.25, 0.3) is 0 Å². The average Bonchev–Trinajstić information content (AvgIpc) is 2.93. The third kappa shape index (κ3) is 4.28. The van der Waals surface area contributed by atoms with Gasteiger partial charge in [0.05, 0.1) is 6.61 Å². The number of hydrogen-bond acceptors (Lipinski definition) is 5. The molecule has 1 fully saturated rings. The van der Waals surface area contributed by atoms with Crippen molar-refractivity contribution in [3.8, 4) is 0 Å². The summed E-state index contributed by atoms with van der Waals surface area (Å²) < 4.78 is 1.71. The van der Waals surface area contributed by atoms with Crippen molar-refractivity contribution in [2.24, 2.45) is 5.92 Å². The molecule has 1 aliphatic rings. The fourth-order valence-corrected chi connectivity index (χ4v) is 2.77. The number of anilines is 1. The van der Waals surface area contributed by atoms with Crippen LogP contribution in [0.5, 0.6) is 0 Å². The van der Waals surface area contributed by atoms with Crippen LogP contribution in [0.15, 0.2) is 17.2 Å². The molecule has 1 aliphatic heterocycles. The SMILES string of the molecule is CC(C)Cn1ccnc(N(CCO)CC2CCCN2)c1=O. The minimum atomic E-state index is -0.0716. The van der Waals surface area contributed by atoms with Crippen LogP contribution < -0.4 is 15.8 Å². The molecule has 1 aromatic rings. The minimum Gasteiger partial charge on any atom is -0.395 e. The van der Waals surface area contributed by atoms with E-state index in [9.17, 15) is 9.90 Å². The van der Waals surface area contributed by atoms with E-state index in [0.29, 0.717) is 37.4 Å². The van der Waals surface area contributed by atoms with Gasteiger partial charge in [-0.25, -0.2) is 4.98 Å². The third-order valence-corrected chi connectivity index (χ3v) is 3.73. The van der Waals surface area contributed by atoms with Crippen LogP contribution in [0, 0.1) is 5.92 Å². The number of nitrogens with zero attached hydrogens (tertiary/aromatic N) is 3. The molecule has 2 rings (SSSR count). The van der Waals surface area contributed by atoms with Gasteiger partial charge in [0.1, 0.15) is 0 Å².